The number of benzene rings is 1. The Hall–Kier alpha value is -1.88. The predicted octanol–water partition coefficient (Wildman–Crippen LogP) is 2.77. The number of anilines is 1. The topological polar surface area (TPSA) is 56.7 Å². The molecule has 0 unspecified atom stereocenters. The van der Waals surface area contributed by atoms with Gasteiger partial charge < -0.3 is 5.73 Å². The van der Waals surface area contributed by atoms with Gasteiger partial charge in [0.05, 0.1) is 11.1 Å². The molecule has 0 aliphatic rings. The van der Waals surface area contributed by atoms with Gasteiger partial charge in [0.15, 0.2) is 11.5 Å². The number of nitrogens with two attached hydrogens (primary N) is 1. The third-order valence-electron chi connectivity index (χ3n) is 2.55. The van der Waals surface area contributed by atoms with Crippen molar-refractivity contribution < 1.29 is 0 Å². The number of pyridine rings is 1. The van der Waals surface area contributed by atoms with Crippen molar-refractivity contribution in [2.75, 3.05) is 5.73 Å². The third kappa shape index (κ3) is 1.59. The summed E-state index contributed by atoms with van der Waals surface area (Å²) in [5.74, 6) is 0.490. The summed E-state index contributed by atoms with van der Waals surface area (Å²) >= 11 is 3.50. The zero-order valence-corrected chi connectivity index (χ0v) is 10.4. The summed E-state index contributed by atoms with van der Waals surface area (Å²) < 4.78 is 2.70. The van der Waals surface area contributed by atoms with Crippen LogP contribution in [0.2, 0.25) is 0 Å². The van der Waals surface area contributed by atoms with Crippen molar-refractivity contribution in [1.82, 2.24) is 14.8 Å². The van der Waals surface area contributed by atoms with Crippen molar-refractivity contribution >= 4 is 32.8 Å². The van der Waals surface area contributed by atoms with Gasteiger partial charge >= 0.3 is 0 Å². The maximum Gasteiger partial charge on any atom is 0.165 e. The Labute approximate surface area is 106 Å². The Morgan fingerprint density at radius 1 is 1.12 bits per heavy atom. The summed E-state index contributed by atoms with van der Waals surface area (Å²) in [6.07, 6.45) is 1.73. The Bertz CT molecular complexity index is 690. The highest BCUT2D eigenvalue weighted by molar-refractivity contribution is 9.10. The normalized spacial score (nSPS) is 10.9. The molecule has 1 aromatic carbocycles. The molecule has 2 N–H and O–H groups in total. The van der Waals surface area contributed by atoms with Crippen LogP contribution in [0.5, 0.6) is 0 Å². The summed E-state index contributed by atoms with van der Waals surface area (Å²) in [6, 6.07) is 11.6. The lowest BCUT2D eigenvalue weighted by atomic mass is 10.3. The predicted molar refractivity (Wildman–Crippen MR) is 71.0 cm³/mol. The quantitative estimate of drug-likeness (QED) is 0.749. The van der Waals surface area contributed by atoms with E-state index in [0.717, 1.165) is 21.2 Å². The van der Waals surface area contributed by atoms with Crippen LogP contribution < -0.4 is 5.73 Å². The maximum atomic E-state index is 5.88. The molecule has 0 radical (unpaired) electrons. The smallest absolute Gasteiger partial charge is 0.165 e. The Morgan fingerprint density at radius 2 is 1.94 bits per heavy atom. The van der Waals surface area contributed by atoms with Gasteiger partial charge in [0.2, 0.25) is 0 Å². The fraction of sp³-hybridized carbons (Fsp3) is 0. The summed E-state index contributed by atoms with van der Waals surface area (Å²) in [7, 11) is 0. The molecule has 2 aromatic heterocycles. The van der Waals surface area contributed by atoms with Gasteiger partial charge in [-0.3, -0.25) is 0 Å². The third-order valence-corrected chi connectivity index (χ3v) is 3.22. The van der Waals surface area contributed by atoms with Gasteiger partial charge in [-0.05, 0) is 40.2 Å². The number of nitrogen functional groups attached to an aromatic ring is 1. The lowest BCUT2D eigenvalue weighted by Crippen LogP contribution is -1.99. The molecule has 2 heterocycles. The van der Waals surface area contributed by atoms with Gasteiger partial charge in [0, 0.05) is 10.7 Å². The fourth-order valence-electron chi connectivity index (χ4n) is 1.77. The van der Waals surface area contributed by atoms with Gasteiger partial charge in [0.1, 0.15) is 0 Å². The Morgan fingerprint density at radius 3 is 2.76 bits per heavy atom. The highest BCUT2D eigenvalue weighted by atomic mass is 79.9. The average molecular weight is 289 g/mol. The Kier molecular flexibility index (Phi) is 2.33. The van der Waals surface area contributed by atoms with Crippen LogP contribution in [-0.2, 0) is 0 Å². The fourth-order valence-corrected chi connectivity index (χ4v) is 2.22. The van der Waals surface area contributed by atoms with Gasteiger partial charge in [-0.25, -0.2) is 9.67 Å². The van der Waals surface area contributed by atoms with E-state index < -0.39 is 0 Å². The number of hydrogen-bond acceptors (Lipinski definition) is 3. The van der Waals surface area contributed by atoms with Crippen LogP contribution >= 0.6 is 15.9 Å². The standard InChI is InChI=1S/C12H9BrN4/c13-9-5-1-2-6-10(9)17-12-8(11(14)16-17)4-3-7-15-12/h1-7H,(H2,14,16). The van der Waals surface area contributed by atoms with E-state index >= 15 is 0 Å². The van der Waals surface area contributed by atoms with Crippen molar-refractivity contribution in [2.45, 2.75) is 0 Å². The van der Waals surface area contributed by atoms with E-state index in [0.29, 0.717) is 5.82 Å². The lowest BCUT2D eigenvalue weighted by Gasteiger charge is -2.04. The van der Waals surface area contributed by atoms with E-state index in [1.54, 1.807) is 10.9 Å². The van der Waals surface area contributed by atoms with E-state index in [1.165, 1.54) is 0 Å². The van der Waals surface area contributed by atoms with Crippen molar-refractivity contribution in [2.24, 2.45) is 0 Å². The van der Waals surface area contributed by atoms with Crippen molar-refractivity contribution in [3.63, 3.8) is 0 Å². The molecule has 0 bridgehead atoms. The van der Waals surface area contributed by atoms with E-state index in [2.05, 4.69) is 26.0 Å². The molecule has 0 fully saturated rings. The molecular weight excluding hydrogens is 280 g/mol. The zero-order valence-electron chi connectivity index (χ0n) is 8.84. The second-order valence-corrected chi connectivity index (χ2v) is 4.48. The molecule has 84 valence electrons. The van der Waals surface area contributed by atoms with Crippen LogP contribution in [-0.4, -0.2) is 14.8 Å². The minimum Gasteiger partial charge on any atom is -0.382 e. The molecule has 0 saturated heterocycles. The van der Waals surface area contributed by atoms with Crippen LogP contribution in [0.15, 0.2) is 47.1 Å². The van der Waals surface area contributed by atoms with Gasteiger partial charge in [-0.2, -0.15) is 0 Å². The molecule has 0 spiro atoms. The van der Waals surface area contributed by atoms with Crippen molar-refractivity contribution in [3.8, 4) is 5.69 Å². The number of nitrogens with zero attached hydrogens (tertiary/aromatic N) is 3. The first-order chi connectivity index (χ1) is 8.27. The monoisotopic (exact) mass is 288 g/mol. The van der Waals surface area contributed by atoms with Gasteiger partial charge in [-0.15, -0.1) is 5.10 Å². The molecule has 0 amide bonds. The molecule has 4 nitrogen and oxygen atoms in total. The molecular formula is C12H9BrN4. The van der Waals surface area contributed by atoms with Crippen LogP contribution in [0.4, 0.5) is 5.82 Å². The number of hydrogen-bond donors (Lipinski definition) is 1. The highest BCUT2D eigenvalue weighted by Crippen LogP contribution is 2.25. The first-order valence-electron chi connectivity index (χ1n) is 5.11. The van der Waals surface area contributed by atoms with Gasteiger partial charge in [-0.1, -0.05) is 12.1 Å². The van der Waals surface area contributed by atoms with E-state index in [9.17, 15) is 0 Å². The number of fused-ring (bicyclic) bond motifs is 1. The number of para-hydroxylation sites is 1. The summed E-state index contributed by atoms with van der Waals surface area (Å²) in [5.41, 5.74) is 7.56. The molecule has 5 heteroatoms. The number of rotatable bonds is 1. The first kappa shape index (κ1) is 10.3. The first-order valence-corrected chi connectivity index (χ1v) is 5.91. The van der Waals surface area contributed by atoms with Crippen LogP contribution in [0.25, 0.3) is 16.7 Å². The number of aromatic nitrogens is 3. The minimum atomic E-state index is 0.490. The molecule has 3 rings (SSSR count). The largest absolute Gasteiger partial charge is 0.382 e. The molecule has 17 heavy (non-hydrogen) atoms. The van der Waals surface area contributed by atoms with Crippen LogP contribution in [0.1, 0.15) is 0 Å². The van der Waals surface area contributed by atoms with Gasteiger partial charge in [0.25, 0.3) is 0 Å². The maximum absolute atomic E-state index is 5.88. The Balaban J connectivity index is 2.35. The van der Waals surface area contributed by atoms with E-state index in [1.807, 2.05) is 36.4 Å². The van der Waals surface area contributed by atoms with Crippen LogP contribution in [0, 0.1) is 0 Å². The van der Waals surface area contributed by atoms with E-state index in [4.69, 9.17) is 5.73 Å². The van der Waals surface area contributed by atoms with Crippen molar-refractivity contribution in [1.29, 1.82) is 0 Å². The molecule has 0 saturated carbocycles. The molecule has 0 atom stereocenters. The molecule has 0 aliphatic carbocycles. The average Bonchev–Trinajstić information content (AvgIpc) is 2.68. The second-order valence-electron chi connectivity index (χ2n) is 3.62. The summed E-state index contributed by atoms with van der Waals surface area (Å²) in [5, 5.41) is 5.19. The second kappa shape index (κ2) is 3.85. The summed E-state index contributed by atoms with van der Waals surface area (Å²) in [6.45, 7) is 0. The molecule has 3 aromatic rings. The zero-order chi connectivity index (χ0) is 11.8. The lowest BCUT2D eigenvalue weighted by molar-refractivity contribution is 0.898. The van der Waals surface area contributed by atoms with Crippen molar-refractivity contribution in [3.05, 3.63) is 47.1 Å². The molecule has 0 aliphatic heterocycles. The highest BCUT2D eigenvalue weighted by Gasteiger charge is 2.11. The van der Waals surface area contributed by atoms with E-state index in [-0.39, 0.29) is 0 Å². The SMILES string of the molecule is Nc1nn(-c2ccccc2Br)c2ncccc12. The number of halogens is 1. The van der Waals surface area contributed by atoms with Crippen LogP contribution in [0.3, 0.4) is 0 Å². The minimum absolute atomic E-state index is 0.490. The summed E-state index contributed by atoms with van der Waals surface area (Å²) in [4.78, 5) is 4.32.